The summed E-state index contributed by atoms with van der Waals surface area (Å²) in [6, 6.07) is 14.5. The summed E-state index contributed by atoms with van der Waals surface area (Å²) < 4.78 is 13.1. The monoisotopic (exact) mass is 215 g/mol. The van der Waals surface area contributed by atoms with Gasteiger partial charge in [-0.1, -0.05) is 30.3 Å². The highest BCUT2D eigenvalue weighted by atomic mass is 19.1. The van der Waals surface area contributed by atoms with E-state index in [2.05, 4.69) is 0 Å². The van der Waals surface area contributed by atoms with Gasteiger partial charge in [-0.2, -0.15) is 0 Å². The maximum atomic E-state index is 13.1. The van der Waals surface area contributed by atoms with Crippen molar-refractivity contribution in [2.75, 3.05) is 0 Å². The Morgan fingerprint density at radius 3 is 2.25 bits per heavy atom. The molecule has 0 aromatic heterocycles. The van der Waals surface area contributed by atoms with Gasteiger partial charge in [-0.3, -0.25) is 0 Å². The summed E-state index contributed by atoms with van der Waals surface area (Å²) in [6.45, 7) is 1.94. The van der Waals surface area contributed by atoms with E-state index in [0.29, 0.717) is 0 Å². The maximum Gasteiger partial charge on any atom is 0.123 e. The molecule has 1 atom stereocenters. The highest BCUT2D eigenvalue weighted by Crippen LogP contribution is 2.22. The predicted octanol–water partition coefficient (Wildman–Crippen LogP) is 3.51. The second-order valence-electron chi connectivity index (χ2n) is 3.92. The van der Waals surface area contributed by atoms with Crippen LogP contribution in [0.3, 0.4) is 0 Å². The number of hydrogen-bond donors (Lipinski definition) is 1. The normalized spacial score (nSPS) is 12.4. The molecule has 82 valence electrons. The summed E-state index contributed by atoms with van der Waals surface area (Å²) in [5, 5.41) is 0. The fraction of sp³-hybridized carbons (Fsp3) is 0.143. The topological polar surface area (TPSA) is 26.0 Å². The lowest BCUT2D eigenvalue weighted by molar-refractivity contribution is 0.628. The summed E-state index contributed by atoms with van der Waals surface area (Å²) in [4.78, 5) is 0. The lowest BCUT2D eigenvalue weighted by Gasteiger charge is -2.08. The molecule has 0 unspecified atom stereocenters. The van der Waals surface area contributed by atoms with Gasteiger partial charge < -0.3 is 5.73 Å². The molecule has 0 heterocycles. The van der Waals surface area contributed by atoms with Gasteiger partial charge in [-0.05, 0) is 41.8 Å². The van der Waals surface area contributed by atoms with Crippen molar-refractivity contribution in [1.29, 1.82) is 0 Å². The Morgan fingerprint density at radius 1 is 1.00 bits per heavy atom. The standard InChI is InChI=1S/C14H14FN/c1-10(16)11-4-2-5-12(8-11)13-6-3-7-14(15)9-13/h2-10H,16H2,1H3/t10-/m1/s1. The van der Waals surface area contributed by atoms with Gasteiger partial charge in [-0.25, -0.2) is 4.39 Å². The number of benzene rings is 2. The molecule has 0 aliphatic rings. The zero-order valence-corrected chi connectivity index (χ0v) is 9.15. The summed E-state index contributed by atoms with van der Waals surface area (Å²) in [5.41, 5.74) is 8.75. The summed E-state index contributed by atoms with van der Waals surface area (Å²) in [5.74, 6) is -0.219. The molecule has 0 fully saturated rings. The van der Waals surface area contributed by atoms with E-state index in [0.717, 1.165) is 16.7 Å². The van der Waals surface area contributed by atoms with Gasteiger partial charge in [0.15, 0.2) is 0 Å². The van der Waals surface area contributed by atoms with Crippen molar-refractivity contribution in [3.63, 3.8) is 0 Å². The van der Waals surface area contributed by atoms with Gasteiger partial charge in [0, 0.05) is 6.04 Å². The van der Waals surface area contributed by atoms with Crippen LogP contribution in [0.1, 0.15) is 18.5 Å². The lowest BCUT2D eigenvalue weighted by atomic mass is 10.0. The highest BCUT2D eigenvalue weighted by Gasteiger charge is 2.03. The average Bonchev–Trinajstić information content (AvgIpc) is 2.29. The van der Waals surface area contributed by atoms with Crippen molar-refractivity contribution in [2.45, 2.75) is 13.0 Å². The molecule has 0 saturated carbocycles. The SMILES string of the molecule is C[C@@H](N)c1cccc(-c2cccc(F)c2)c1. The first-order chi connectivity index (χ1) is 7.66. The highest BCUT2D eigenvalue weighted by molar-refractivity contribution is 5.64. The maximum absolute atomic E-state index is 13.1. The Bertz CT molecular complexity index is 492. The Labute approximate surface area is 94.7 Å². The van der Waals surface area contributed by atoms with Crippen LogP contribution in [0.4, 0.5) is 4.39 Å². The zero-order valence-electron chi connectivity index (χ0n) is 9.15. The van der Waals surface area contributed by atoms with Crippen molar-refractivity contribution < 1.29 is 4.39 Å². The third-order valence-corrected chi connectivity index (χ3v) is 2.57. The van der Waals surface area contributed by atoms with Crippen molar-refractivity contribution >= 4 is 0 Å². The van der Waals surface area contributed by atoms with Crippen LogP contribution in [0, 0.1) is 5.82 Å². The molecular weight excluding hydrogens is 201 g/mol. The molecule has 0 spiro atoms. The van der Waals surface area contributed by atoms with Crippen LogP contribution < -0.4 is 5.73 Å². The molecule has 2 N–H and O–H groups in total. The quantitative estimate of drug-likeness (QED) is 0.815. The molecule has 0 radical (unpaired) electrons. The van der Waals surface area contributed by atoms with Crippen LogP contribution in [0.2, 0.25) is 0 Å². The molecule has 0 aliphatic carbocycles. The smallest absolute Gasteiger partial charge is 0.123 e. The van der Waals surface area contributed by atoms with Crippen LogP contribution in [0.25, 0.3) is 11.1 Å². The van der Waals surface area contributed by atoms with Crippen molar-refractivity contribution in [3.8, 4) is 11.1 Å². The van der Waals surface area contributed by atoms with Crippen molar-refractivity contribution in [3.05, 3.63) is 59.9 Å². The van der Waals surface area contributed by atoms with Crippen molar-refractivity contribution in [1.82, 2.24) is 0 Å². The third-order valence-electron chi connectivity index (χ3n) is 2.57. The molecular formula is C14H14FN. The van der Waals surface area contributed by atoms with E-state index in [1.54, 1.807) is 6.07 Å². The number of nitrogens with two attached hydrogens (primary N) is 1. The van der Waals surface area contributed by atoms with E-state index < -0.39 is 0 Å². The summed E-state index contributed by atoms with van der Waals surface area (Å²) in [7, 11) is 0. The molecule has 2 heteroatoms. The Kier molecular flexibility index (Phi) is 3.02. The van der Waals surface area contributed by atoms with E-state index in [-0.39, 0.29) is 11.9 Å². The molecule has 2 rings (SSSR count). The predicted molar refractivity (Wildman–Crippen MR) is 64.4 cm³/mol. The van der Waals surface area contributed by atoms with E-state index in [1.165, 1.54) is 12.1 Å². The van der Waals surface area contributed by atoms with Gasteiger partial charge in [0.2, 0.25) is 0 Å². The summed E-state index contributed by atoms with van der Waals surface area (Å²) >= 11 is 0. The average molecular weight is 215 g/mol. The minimum atomic E-state index is -0.219. The number of hydrogen-bond acceptors (Lipinski definition) is 1. The second kappa shape index (κ2) is 4.45. The zero-order chi connectivity index (χ0) is 11.5. The van der Waals surface area contributed by atoms with Gasteiger partial charge in [-0.15, -0.1) is 0 Å². The van der Waals surface area contributed by atoms with Crippen LogP contribution in [-0.2, 0) is 0 Å². The van der Waals surface area contributed by atoms with Crippen LogP contribution in [0.15, 0.2) is 48.5 Å². The lowest BCUT2D eigenvalue weighted by Crippen LogP contribution is -2.04. The molecule has 0 bridgehead atoms. The second-order valence-corrected chi connectivity index (χ2v) is 3.92. The van der Waals surface area contributed by atoms with Crippen LogP contribution in [-0.4, -0.2) is 0 Å². The van der Waals surface area contributed by atoms with Gasteiger partial charge in [0.05, 0.1) is 0 Å². The van der Waals surface area contributed by atoms with E-state index in [1.807, 2.05) is 37.3 Å². The molecule has 0 saturated heterocycles. The van der Waals surface area contributed by atoms with Crippen molar-refractivity contribution in [2.24, 2.45) is 5.73 Å². The number of rotatable bonds is 2. The molecule has 0 amide bonds. The van der Waals surface area contributed by atoms with Gasteiger partial charge in [0.25, 0.3) is 0 Å². The van der Waals surface area contributed by atoms with Crippen LogP contribution in [0.5, 0.6) is 0 Å². The molecule has 2 aromatic carbocycles. The van der Waals surface area contributed by atoms with Gasteiger partial charge in [0.1, 0.15) is 5.82 Å². The van der Waals surface area contributed by atoms with Crippen LogP contribution >= 0.6 is 0 Å². The molecule has 16 heavy (non-hydrogen) atoms. The first-order valence-electron chi connectivity index (χ1n) is 5.28. The summed E-state index contributed by atoms with van der Waals surface area (Å²) in [6.07, 6.45) is 0. The fourth-order valence-electron chi connectivity index (χ4n) is 1.67. The minimum absolute atomic E-state index is 0.00601. The first kappa shape index (κ1) is 10.8. The number of halogens is 1. The third kappa shape index (κ3) is 2.28. The van der Waals surface area contributed by atoms with E-state index in [4.69, 9.17) is 5.73 Å². The molecule has 1 nitrogen and oxygen atoms in total. The van der Waals surface area contributed by atoms with E-state index >= 15 is 0 Å². The Morgan fingerprint density at radius 2 is 1.62 bits per heavy atom. The minimum Gasteiger partial charge on any atom is -0.324 e. The van der Waals surface area contributed by atoms with E-state index in [9.17, 15) is 4.39 Å². The first-order valence-corrected chi connectivity index (χ1v) is 5.28. The van der Waals surface area contributed by atoms with Gasteiger partial charge >= 0.3 is 0 Å². The fourth-order valence-corrected chi connectivity index (χ4v) is 1.67. The molecule has 2 aromatic rings. The largest absolute Gasteiger partial charge is 0.324 e. The Hall–Kier alpha value is -1.67. The Balaban J connectivity index is 2.44. The molecule has 0 aliphatic heterocycles.